The van der Waals surface area contributed by atoms with Crippen LogP contribution >= 0.6 is 0 Å². The number of rotatable bonds is 7. The van der Waals surface area contributed by atoms with Crippen molar-refractivity contribution in [1.29, 1.82) is 0 Å². The number of ether oxygens (including phenoxy) is 1. The van der Waals surface area contributed by atoms with Crippen LogP contribution in [0.4, 0.5) is 0 Å². The van der Waals surface area contributed by atoms with E-state index in [1.54, 1.807) is 0 Å². The molecule has 0 radical (unpaired) electrons. The molecule has 0 bridgehead atoms. The van der Waals surface area contributed by atoms with Gasteiger partial charge in [0.05, 0.1) is 0 Å². The van der Waals surface area contributed by atoms with E-state index in [2.05, 4.69) is 27.7 Å². The molecule has 0 saturated heterocycles. The first-order valence-electron chi connectivity index (χ1n) is 7.40. The van der Waals surface area contributed by atoms with Crippen molar-refractivity contribution in [3.8, 4) is 5.75 Å². The van der Waals surface area contributed by atoms with Crippen LogP contribution in [0, 0.1) is 0 Å². The van der Waals surface area contributed by atoms with E-state index in [9.17, 15) is 9.90 Å². The molecular weight excluding hydrogens is 252 g/mol. The quantitative estimate of drug-likeness (QED) is 0.795. The Morgan fingerprint density at radius 1 is 1.15 bits per heavy atom. The molecule has 0 saturated carbocycles. The van der Waals surface area contributed by atoms with E-state index in [0.29, 0.717) is 18.3 Å². The average molecular weight is 278 g/mol. The van der Waals surface area contributed by atoms with Crippen LogP contribution in [0.15, 0.2) is 18.2 Å². The van der Waals surface area contributed by atoms with Gasteiger partial charge in [0.15, 0.2) is 6.10 Å². The van der Waals surface area contributed by atoms with Gasteiger partial charge in [-0.1, -0.05) is 59.2 Å². The SMILES string of the molecule is CCCC(Oc1c(C(C)C)cccc1C(C)C)C(=O)O. The van der Waals surface area contributed by atoms with Gasteiger partial charge in [0.2, 0.25) is 0 Å². The zero-order valence-electron chi connectivity index (χ0n) is 13.1. The monoisotopic (exact) mass is 278 g/mol. The fourth-order valence-electron chi connectivity index (χ4n) is 2.26. The Bertz CT molecular complexity index is 423. The highest BCUT2D eigenvalue weighted by molar-refractivity contribution is 5.73. The predicted molar refractivity (Wildman–Crippen MR) is 81.6 cm³/mol. The Hall–Kier alpha value is -1.51. The van der Waals surface area contributed by atoms with Crippen molar-refractivity contribution in [2.24, 2.45) is 0 Å². The van der Waals surface area contributed by atoms with E-state index in [0.717, 1.165) is 23.3 Å². The van der Waals surface area contributed by atoms with Crippen molar-refractivity contribution in [2.75, 3.05) is 0 Å². The summed E-state index contributed by atoms with van der Waals surface area (Å²) in [4.78, 5) is 11.3. The summed E-state index contributed by atoms with van der Waals surface area (Å²) in [5.74, 6) is 0.484. The second-order valence-corrected chi connectivity index (χ2v) is 5.81. The van der Waals surface area contributed by atoms with Crippen LogP contribution < -0.4 is 4.74 Å². The summed E-state index contributed by atoms with van der Waals surface area (Å²) in [6, 6.07) is 6.07. The fourth-order valence-corrected chi connectivity index (χ4v) is 2.26. The normalized spacial score (nSPS) is 12.8. The van der Waals surface area contributed by atoms with Crippen LogP contribution in [0.1, 0.15) is 70.4 Å². The van der Waals surface area contributed by atoms with Gasteiger partial charge in [-0.15, -0.1) is 0 Å². The molecule has 0 amide bonds. The average Bonchev–Trinajstić information content (AvgIpc) is 2.37. The molecule has 112 valence electrons. The second-order valence-electron chi connectivity index (χ2n) is 5.81. The highest BCUT2D eigenvalue weighted by atomic mass is 16.5. The number of carboxylic acid groups (broad SMARTS) is 1. The number of aliphatic carboxylic acids is 1. The summed E-state index contributed by atoms with van der Waals surface area (Å²) in [5, 5.41) is 9.30. The molecule has 20 heavy (non-hydrogen) atoms. The maximum Gasteiger partial charge on any atom is 0.344 e. The second kappa shape index (κ2) is 7.32. The first kappa shape index (κ1) is 16.5. The molecule has 3 heteroatoms. The van der Waals surface area contributed by atoms with Crippen molar-refractivity contribution >= 4 is 5.97 Å². The van der Waals surface area contributed by atoms with Crippen LogP contribution in [0.5, 0.6) is 5.75 Å². The molecule has 0 aliphatic carbocycles. The molecule has 0 aliphatic heterocycles. The number of carboxylic acids is 1. The lowest BCUT2D eigenvalue weighted by Gasteiger charge is -2.23. The summed E-state index contributed by atoms with van der Waals surface area (Å²) in [7, 11) is 0. The van der Waals surface area contributed by atoms with E-state index < -0.39 is 12.1 Å². The minimum Gasteiger partial charge on any atom is -0.479 e. The molecule has 0 spiro atoms. The molecule has 1 atom stereocenters. The Morgan fingerprint density at radius 2 is 1.65 bits per heavy atom. The lowest BCUT2D eigenvalue weighted by Crippen LogP contribution is -2.27. The molecule has 0 aliphatic rings. The number of hydrogen-bond acceptors (Lipinski definition) is 2. The van der Waals surface area contributed by atoms with Gasteiger partial charge in [0.25, 0.3) is 0 Å². The molecule has 1 N–H and O–H groups in total. The molecule has 1 rings (SSSR count). The minimum absolute atomic E-state index is 0.305. The maximum atomic E-state index is 11.3. The molecule has 1 unspecified atom stereocenters. The van der Waals surface area contributed by atoms with Crippen LogP contribution in [0.2, 0.25) is 0 Å². The first-order chi connectivity index (χ1) is 9.38. The standard InChI is InChI=1S/C17H26O3/c1-6-8-15(17(18)19)20-16-13(11(2)3)9-7-10-14(16)12(4)5/h7,9-12,15H,6,8H2,1-5H3,(H,18,19). The Morgan fingerprint density at radius 3 is 2.00 bits per heavy atom. The first-order valence-corrected chi connectivity index (χ1v) is 7.40. The van der Waals surface area contributed by atoms with Gasteiger partial charge < -0.3 is 9.84 Å². The third kappa shape index (κ3) is 3.99. The third-order valence-corrected chi connectivity index (χ3v) is 3.41. The van der Waals surface area contributed by atoms with E-state index in [1.165, 1.54) is 0 Å². The Kier molecular flexibility index (Phi) is 6.05. The Balaban J connectivity index is 3.21. The molecule has 0 aromatic heterocycles. The zero-order valence-corrected chi connectivity index (χ0v) is 13.1. The van der Waals surface area contributed by atoms with Crippen LogP contribution in [-0.4, -0.2) is 17.2 Å². The lowest BCUT2D eigenvalue weighted by molar-refractivity contribution is -0.145. The predicted octanol–water partition coefficient (Wildman–Crippen LogP) is 4.57. The van der Waals surface area contributed by atoms with E-state index in [4.69, 9.17) is 4.74 Å². The maximum absolute atomic E-state index is 11.3. The number of para-hydroxylation sites is 1. The summed E-state index contributed by atoms with van der Waals surface area (Å²) >= 11 is 0. The summed E-state index contributed by atoms with van der Waals surface area (Å²) in [6.45, 7) is 10.4. The van der Waals surface area contributed by atoms with Crippen LogP contribution in [0.3, 0.4) is 0 Å². The van der Waals surface area contributed by atoms with Gasteiger partial charge in [-0.05, 0) is 29.4 Å². The van der Waals surface area contributed by atoms with Crippen molar-refractivity contribution in [3.05, 3.63) is 29.3 Å². The van der Waals surface area contributed by atoms with Gasteiger partial charge in [0.1, 0.15) is 5.75 Å². The molecular formula is C17H26O3. The fraction of sp³-hybridized carbons (Fsp3) is 0.588. The topological polar surface area (TPSA) is 46.5 Å². The van der Waals surface area contributed by atoms with Crippen molar-refractivity contribution in [2.45, 2.75) is 65.4 Å². The van der Waals surface area contributed by atoms with Crippen molar-refractivity contribution < 1.29 is 14.6 Å². The highest BCUT2D eigenvalue weighted by Gasteiger charge is 2.23. The van der Waals surface area contributed by atoms with Gasteiger partial charge >= 0.3 is 5.97 Å². The van der Waals surface area contributed by atoms with Crippen LogP contribution in [0.25, 0.3) is 0 Å². The molecule has 0 fully saturated rings. The number of benzene rings is 1. The smallest absolute Gasteiger partial charge is 0.344 e. The Labute approximate surface area is 122 Å². The van der Waals surface area contributed by atoms with Gasteiger partial charge in [0, 0.05) is 0 Å². The van der Waals surface area contributed by atoms with E-state index in [-0.39, 0.29) is 0 Å². The van der Waals surface area contributed by atoms with Crippen molar-refractivity contribution in [3.63, 3.8) is 0 Å². The van der Waals surface area contributed by atoms with E-state index >= 15 is 0 Å². The number of hydrogen-bond donors (Lipinski definition) is 1. The third-order valence-electron chi connectivity index (χ3n) is 3.41. The van der Waals surface area contributed by atoms with Gasteiger partial charge in [-0.2, -0.15) is 0 Å². The van der Waals surface area contributed by atoms with E-state index in [1.807, 2.05) is 25.1 Å². The van der Waals surface area contributed by atoms with Gasteiger partial charge in [-0.25, -0.2) is 4.79 Å². The summed E-state index contributed by atoms with van der Waals surface area (Å²) in [6.07, 6.45) is 0.550. The molecule has 1 aromatic carbocycles. The highest BCUT2D eigenvalue weighted by Crippen LogP contribution is 2.35. The molecule has 0 heterocycles. The summed E-state index contributed by atoms with van der Waals surface area (Å²) < 4.78 is 5.90. The molecule has 3 nitrogen and oxygen atoms in total. The number of carbonyl (C=O) groups is 1. The molecule has 1 aromatic rings. The van der Waals surface area contributed by atoms with Crippen molar-refractivity contribution in [1.82, 2.24) is 0 Å². The minimum atomic E-state index is -0.889. The summed E-state index contributed by atoms with van der Waals surface area (Å²) in [5.41, 5.74) is 2.16. The largest absolute Gasteiger partial charge is 0.479 e. The lowest BCUT2D eigenvalue weighted by atomic mass is 9.94. The van der Waals surface area contributed by atoms with Gasteiger partial charge in [-0.3, -0.25) is 0 Å². The zero-order chi connectivity index (χ0) is 15.3. The van der Waals surface area contributed by atoms with Crippen LogP contribution in [-0.2, 0) is 4.79 Å².